The van der Waals surface area contributed by atoms with Crippen LogP contribution in [0, 0.1) is 13.8 Å². The Morgan fingerprint density at radius 1 is 1.47 bits per heavy atom. The smallest absolute Gasteiger partial charge is 0.335 e. The molecule has 19 heavy (non-hydrogen) atoms. The number of hydrogen-bond acceptors (Lipinski definition) is 4. The maximum Gasteiger partial charge on any atom is 0.335 e. The van der Waals surface area contributed by atoms with E-state index in [-0.39, 0.29) is 5.56 Å². The second-order valence-corrected chi connectivity index (χ2v) is 5.80. The number of halogens is 1. The summed E-state index contributed by atoms with van der Waals surface area (Å²) in [6.07, 6.45) is 0. The normalized spacial score (nSPS) is 10.7. The van der Waals surface area contributed by atoms with Gasteiger partial charge in [-0.2, -0.15) is 0 Å². The van der Waals surface area contributed by atoms with Crippen LogP contribution in [0.25, 0.3) is 0 Å². The Balaban J connectivity index is 2.09. The van der Waals surface area contributed by atoms with Crippen LogP contribution < -0.4 is 0 Å². The Hall–Kier alpha value is -1.27. The summed E-state index contributed by atoms with van der Waals surface area (Å²) in [4.78, 5) is 15.1. The zero-order chi connectivity index (χ0) is 14.0. The molecule has 0 amide bonds. The summed E-state index contributed by atoms with van der Waals surface area (Å²) in [6, 6.07) is 4.99. The maximum absolute atomic E-state index is 10.8. The average molecular weight is 342 g/mol. The van der Waals surface area contributed by atoms with Gasteiger partial charge < -0.3 is 9.52 Å². The minimum absolute atomic E-state index is 0.267. The summed E-state index contributed by atoms with van der Waals surface area (Å²) in [5.74, 6) is 0.557. The summed E-state index contributed by atoms with van der Waals surface area (Å²) in [5.41, 5.74) is 2.16. The van der Waals surface area contributed by atoms with Crippen LogP contribution in [0.1, 0.15) is 27.4 Å². The number of aryl methyl sites for hydroxylation is 2. The van der Waals surface area contributed by atoms with Gasteiger partial charge in [-0.15, -0.1) is 0 Å². The van der Waals surface area contributed by atoms with Gasteiger partial charge in [-0.3, -0.25) is 0 Å². The third-order valence-electron chi connectivity index (χ3n) is 2.66. The lowest BCUT2D eigenvalue weighted by molar-refractivity contribution is 0.0697. The molecule has 1 N–H and O–H groups in total. The zero-order valence-electron chi connectivity index (χ0n) is 10.4. The second-order valence-electron chi connectivity index (χ2n) is 4.02. The van der Waals surface area contributed by atoms with Gasteiger partial charge in [-0.25, -0.2) is 9.78 Å². The molecule has 1 heterocycles. The van der Waals surface area contributed by atoms with Crippen LogP contribution in [0.3, 0.4) is 0 Å². The highest BCUT2D eigenvalue weighted by atomic mass is 79.9. The number of oxazole rings is 1. The van der Waals surface area contributed by atoms with Gasteiger partial charge in [0.1, 0.15) is 5.76 Å². The Kier molecular flexibility index (Phi) is 4.31. The molecule has 0 unspecified atom stereocenters. The lowest BCUT2D eigenvalue weighted by Gasteiger charge is -2.03. The molecule has 2 aromatic rings. The number of carbonyl (C=O) groups is 1. The third-order valence-corrected chi connectivity index (χ3v) is 4.28. The average Bonchev–Trinajstić information content (AvgIpc) is 2.67. The van der Waals surface area contributed by atoms with E-state index in [4.69, 9.17) is 9.52 Å². The van der Waals surface area contributed by atoms with E-state index in [2.05, 4.69) is 20.9 Å². The second kappa shape index (κ2) is 5.79. The first kappa shape index (κ1) is 14.1. The first-order valence-corrected chi connectivity index (χ1v) is 7.34. The fourth-order valence-electron chi connectivity index (χ4n) is 1.44. The lowest BCUT2D eigenvalue weighted by atomic mass is 10.1. The lowest BCUT2D eigenvalue weighted by Crippen LogP contribution is -1.96. The van der Waals surface area contributed by atoms with E-state index < -0.39 is 5.97 Å². The number of benzene rings is 1. The number of hydrogen-bond donors (Lipinski definition) is 1. The summed E-state index contributed by atoms with van der Waals surface area (Å²) in [5, 5.41) is 9.52. The van der Waals surface area contributed by atoms with Crippen LogP contribution in [0.5, 0.6) is 0 Å². The molecule has 0 saturated carbocycles. The third kappa shape index (κ3) is 3.39. The quantitative estimate of drug-likeness (QED) is 0.850. The van der Waals surface area contributed by atoms with E-state index in [1.807, 2.05) is 13.8 Å². The van der Waals surface area contributed by atoms with Crippen LogP contribution in [0.4, 0.5) is 0 Å². The molecule has 0 fully saturated rings. The molecular weight excluding hydrogens is 330 g/mol. The summed E-state index contributed by atoms with van der Waals surface area (Å²) in [6.45, 7) is 3.78. The molecule has 0 aliphatic heterocycles. The number of carboxylic acids is 1. The minimum atomic E-state index is -0.932. The number of thioether (sulfide) groups is 1. The van der Waals surface area contributed by atoms with Crippen LogP contribution in [-0.2, 0) is 5.75 Å². The Morgan fingerprint density at radius 3 is 2.74 bits per heavy atom. The molecule has 0 aliphatic rings. The molecule has 0 bridgehead atoms. The van der Waals surface area contributed by atoms with Gasteiger partial charge in [0.15, 0.2) is 0 Å². The number of carboxylic acid groups (broad SMARTS) is 1. The van der Waals surface area contributed by atoms with Crippen molar-refractivity contribution in [3.63, 3.8) is 0 Å². The molecule has 6 heteroatoms. The topological polar surface area (TPSA) is 63.3 Å². The fourth-order valence-corrected chi connectivity index (χ4v) is 3.06. The van der Waals surface area contributed by atoms with Gasteiger partial charge in [-0.1, -0.05) is 33.8 Å². The van der Waals surface area contributed by atoms with Crippen molar-refractivity contribution in [1.29, 1.82) is 0 Å². The van der Waals surface area contributed by atoms with Gasteiger partial charge in [0.2, 0.25) is 0 Å². The van der Waals surface area contributed by atoms with Crippen LogP contribution >= 0.6 is 27.7 Å². The molecule has 100 valence electrons. The van der Waals surface area contributed by atoms with Gasteiger partial charge in [0.25, 0.3) is 5.22 Å². The van der Waals surface area contributed by atoms with Crippen molar-refractivity contribution in [3.05, 3.63) is 45.3 Å². The molecule has 1 aromatic heterocycles. The van der Waals surface area contributed by atoms with Gasteiger partial charge in [0.05, 0.1) is 11.3 Å². The minimum Gasteiger partial charge on any atom is -0.478 e. The standard InChI is InChI=1S/C13H12BrNO3S/c1-7-8(2)18-13(15-7)19-6-10-4-3-9(12(16)17)5-11(10)14/h3-5H,6H2,1-2H3,(H,16,17). The number of aromatic nitrogens is 1. The van der Waals surface area contributed by atoms with Gasteiger partial charge in [-0.05, 0) is 31.5 Å². The molecule has 1 aromatic carbocycles. The summed E-state index contributed by atoms with van der Waals surface area (Å²) >= 11 is 4.86. The predicted molar refractivity (Wildman–Crippen MR) is 76.6 cm³/mol. The first-order chi connectivity index (χ1) is 8.97. The van der Waals surface area contributed by atoms with Crippen molar-refractivity contribution < 1.29 is 14.3 Å². The molecule has 4 nitrogen and oxygen atoms in total. The number of nitrogens with zero attached hydrogens (tertiary/aromatic N) is 1. The molecule has 0 aliphatic carbocycles. The van der Waals surface area contributed by atoms with Crippen molar-refractivity contribution in [1.82, 2.24) is 4.98 Å². The fraction of sp³-hybridized carbons (Fsp3) is 0.231. The highest BCUT2D eigenvalue weighted by Crippen LogP contribution is 2.28. The monoisotopic (exact) mass is 341 g/mol. The van der Waals surface area contributed by atoms with Gasteiger partial charge >= 0.3 is 5.97 Å². The van der Waals surface area contributed by atoms with Crippen LogP contribution in [-0.4, -0.2) is 16.1 Å². The van der Waals surface area contributed by atoms with Crippen molar-refractivity contribution in [2.45, 2.75) is 24.8 Å². The predicted octanol–water partition coefficient (Wildman–Crippen LogP) is 4.04. The van der Waals surface area contributed by atoms with E-state index in [1.165, 1.54) is 11.8 Å². The highest BCUT2D eigenvalue weighted by Gasteiger charge is 2.10. The molecule has 0 radical (unpaired) electrons. The Labute approximate surface area is 123 Å². The van der Waals surface area contributed by atoms with Crippen molar-refractivity contribution >= 4 is 33.7 Å². The molecule has 0 atom stereocenters. The zero-order valence-corrected chi connectivity index (χ0v) is 12.8. The van der Waals surface area contributed by atoms with E-state index >= 15 is 0 Å². The van der Waals surface area contributed by atoms with Crippen LogP contribution in [0.2, 0.25) is 0 Å². The Morgan fingerprint density at radius 2 is 2.21 bits per heavy atom. The van der Waals surface area contributed by atoms with E-state index in [1.54, 1.807) is 18.2 Å². The largest absolute Gasteiger partial charge is 0.478 e. The van der Waals surface area contributed by atoms with Crippen molar-refractivity contribution in [2.75, 3.05) is 0 Å². The number of rotatable bonds is 4. The van der Waals surface area contributed by atoms with E-state index in [0.29, 0.717) is 11.0 Å². The highest BCUT2D eigenvalue weighted by molar-refractivity contribution is 9.10. The summed E-state index contributed by atoms with van der Waals surface area (Å²) < 4.78 is 6.26. The van der Waals surface area contributed by atoms with Crippen LogP contribution in [0.15, 0.2) is 32.3 Å². The molecule has 0 saturated heterocycles. The SMILES string of the molecule is Cc1nc(SCc2ccc(C(=O)O)cc2Br)oc1C. The van der Waals surface area contributed by atoms with Gasteiger partial charge in [0, 0.05) is 10.2 Å². The molecular formula is C13H12BrNO3S. The summed E-state index contributed by atoms with van der Waals surface area (Å²) in [7, 11) is 0. The van der Waals surface area contributed by atoms with E-state index in [0.717, 1.165) is 21.5 Å². The van der Waals surface area contributed by atoms with E-state index in [9.17, 15) is 4.79 Å². The Bertz CT molecular complexity index is 605. The van der Waals surface area contributed by atoms with Crippen molar-refractivity contribution in [3.8, 4) is 0 Å². The van der Waals surface area contributed by atoms with Crippen molar-refractivity contribution in [2.24, 2.45) is 0 Å². The first-order valence-electron chi connectivity index (χ1n) is 5.56. The number of aromatic carboxylic acids is 1. The molecule has 2 rings (SSSR count). The maximum atomic E-state index is 10.8. The molecule has 0 spiro atoms.